The predicted molar refractivity (Wildman–Crippen MR) is 34.9 cm³/mol. The van der Waals surface area contributed by atoms with Crippen LogP contribution in [0.15, 0.2) is 10.6 Å². The SMILES string of the molecule is NCC(=O)c1cnc(C(F)(F)F)o1. The maximum atomic E-state index is 11.9. The third-order valence-corrected chi connectivity index (χ3v) is 1.21. The summed E-state index contributed by atoms with van der Waals surface area (Å²) in [6, 6.07) is 0. The van der Waals surface area contributed by atoms with Gasteiger partial charge < -0.3 is 10.2 Å². The minimum absolute atomic E-state index is 0.410. The molecule has 1 rings (SSSR count). The summed E-state index contributed by atoms with van der Waals surface area (Å²) in [5.74, 6) is -2.64. The first-order chi connectivity index (χ1) is 5.95. The van der Waals surface area contributed by atoms with E-state index < -0.39 is 30.2 Å². The first kappa shape index (κ1) is 9.72. The van der Waals surface area contributed by atoms with Gasteiger partial charge in [0.1, 0.15) is 0 Å². The van der Waals surface area contributed by atoms with E-state index in [2.05, 4.69) is 9.40 Å². The first-order valence-corrected chi connectivity index (χ1v) is 3.21. The van der Waals surface area contributed by atoms with Crippen molar-refractivity contribution in [1.29, 1.82) is 0 Å². The molecule has 0 bridgehead atoms. The van der Waals surface area contributed by atoms with E-state index in [-0.39, 0.29) is 0 Å². The second-order valence-electron chi connectivity index (χ2n) is 2.15. The number of halogens is 3. The number of oxazole rings is 1. The van der Waals surface area contributed by atoms with Crippen LogP contribution in [0.4, 0.5) is 13.2 Å². The minimum atomic E-state index is -4.67. The van der Waals surface area contributed by atoms with E-state index in [4.69, 9.17) is 5.73 Å². The van der Waals surface area contributed by atoms with E-state index in [1.807, 2.05) is 0 Å². The lowest BCUT2D eigenvalue weighted by atomic mass is 10.3. The molecule has 72 valence electrons. The van der Waals surface area contributed by atoms with E-state index in [9.17, 15) is 18.0 Å². The molecule has 1 heterocycles. The number of rotatable bonds is 2. The Morgan fingerprint density at radius 1 is 1.62 bits per heavy atom. The summed E-state index contributed by atoms with van der Waals surface area (Å²) in [6.07, 6.45) is -3.97. The Bertz CT molecular complexity index is 318. The molecule has 0 aliphatic rings. The fourth-order valence-corrected chi connectivity index (χ4v) is 0.635. The summed E-state index contributed by atoms with van der Waals surface area (Å²) in [6.45, 7) is -0.410. The van der Waals surface area contributed by atoms with Crippen molar-refractivity contribution in [2.45, 2.75) is 6.18 Å². The summed E-state index contributed by atoms with van der Waals surface area (Å²) >= 11 is 0. The lowest BCUT2D eigenvalue weighted by Crippen LogP contribution is -2.12. The molecule has 0 atom stereocenters. The summed E-state index contributed by atoms with van der Waals surface area (Å²) in [4.78, 5) is 13.6. The van der Waals surface area contributed by atoms with Crippen molar-refractivity contribution in [3.63, 3.8) is 0 Å². The highest BCUT2D eigenvalue weighted by Crippen LogP contribution is 2.28. The number of carbonyl (C=O) groups is 1. The molecule has 0 unspecified atom stereocenters. The smallest absolute Gasteiger partial charge is 0.430 e. The van der Waals surface area contributed by atoms with Crippen LogP contribution in [-0.4, -0.2) is 17.3 Å². The Kier molecular flexibility index (Phi) is 2.37. The molecule has 13 heavy (non-hydrogen) atoms. The lowest BCUT2D eigenvalue weighted by molar-refractivity contribution is -0.157. The number of nitrogens with two attached hydrogens (primary N) is 1. The number of hydrogen-bond acceptors (Lipinski definition) is 4. The molecule has 0 saturated heterocycles. The number of Topliss-reactive ketones (excluding diaryl/α,β-unsaturated/α-hetero) is 1. The van der Waals surface area contributed by atoms with Crippen LogP contribution in [0.1, 0.15) is 16.4 Å². The molecule has 1 aromatic heterocycles. The number of hydrogen-bond donors (Lipinski definition) is 1. The van der Waals surface area contributed by atoms with Crippen LogP contribution in [0.3, 0.4) is 0 Å². The molecule has 0 aliphatic heterocycles. The van der Waals surface area contributed by atoms with Crippen molar-refractivity contribution in [1.82, 2.24) is 4.98 Å². The van der Waals surface area contributed by atoms with Gasteiger partial charge in [0.2, 0.25) is 5.78 Å². The maximum Gasteiger partial charge on any atom is 0.468 e. The molecule has 1 aromatic rings. The van der Waals surface area contributed by atoms with Crippen molar-refractivity contribution >= 4 is 5.78 Å². The van der Waals surface area contributed by atoms with Crippen molar-refractivity contribution < 1.29 is 22.4 Å². The maximum absolute atomic E-state index is 11.9. The molecule has 2 N–H and O–H groups in total. The third kappa shape index (κ3) is 2.05. The van der Waals surface area contributed by atoms with Gasteiger partial charge in [0.05, 0.1) is 12.7 Å². The number of nitrogens with zero attached hydrogens (tertiary/aromatic N) is 1. The van der Waals surface area contributed by atoms with Gasteiger partial charge in [-0.2, -0.15) is 13.2 Å². The standard InChI is InChI=1S/C6H5F3N2O2/c7-6(8,9)5-11-2-4(13-5)3(12)1-10/h2H,1,10H2. The molecule has 0 aliphatic carbocycles. The van der Waals surface area contributed by atoms with Gasteiger partial charge in [-0.25, -0.2) is 4.98 Å². The van der Waals surface area contributed by atoms with Crippen LogP contribution in [0.25, 0.3) is 0 Å². The second-order valence-corrected chi connectivity index (χ2v) is 2.15. The lowest BCUT2D eigenvalue weighted by Gasteiger charge is -1.98. The Labute approximate surface area is 70.5 Å². The van der Waals surface area contributed by atoms with Gasteiger partial charge in [0.25, 0.3) is 0 Å². The van der Waals surface area contributed by atoms with Crippen molar-refractivity contribution in [3.05, 3.63) is 17.8 Å². The van der Waals surface area contributed by atoms with Crippen molar-refractivity contribution in [2.75, 3.05) is 6.54 Å². The quantitative estimate of drug-likeness (QED) is 0.708. The predicted octanol–water partition coefficient (Wildman–Crippen LogP) is 0.835. The van der Waals surface area contributed by atoms with Gasteiger partial charge in [-0.05, 0) is 0 Å². The average molecular weight is 194 g/mol. The highest BCUT2D eigenvalue weighted by molar-refractivity contribution is 5.94. The highest BCUT2D eigenvalue weighted by Gasteiger charge is 2.37. The minimum Gasteiger partial charge on any atom is -0.430 e. The Morgan fingerprint density at radius 3 is 2.62 bits per heavy atom. The first-order valence-electron chi connectivity index (χ1n) is 3.21. The molecule has 0 aromatic carbocycles. The topological polar surface area (TPSA) is 69.1 Å². The fourth-order valence-electron chi connectivity index (χ4n) is 0.635. The van der Waals surface area contributed by atoms with E-state index in [1.165, 1.54) is 0 Å². The van der Waals surface area contributed by atoms with Crippen molar-refractivity contribution in [2.24, 2.45) is 5.73 Å². The molecule has 0 fully saturated rings. The van der Waals surface area contributed by atoms with Gasteiger partial charge in [0, 0.05) is 0 Å². The number of alkyl halides is 3. The summed E-state index contributed by atoms with van der Waals surface area (Å²) in [5.41, 5.74) is 4.90. The molecule has 0 saturated carbocycles. The summed E-state index contributed by atoms with van der Waals surface area (Å²) in [5, 5.41) is 0. The van der Waals surface area contributed by atoms with Crippen LogP contribution in [0.5, 0.6) is 0 Å². The van der Waals surface area contributed by atoms with Crippen LogP contribution >= 0.6 is 0 Å². The van der Waals surface area contributed by atoms with Crippen molar-refractivity contribution in [3.8, 4) is 0 Å². The highest BCUT2D eigenvalue weighted by atomic mass is 19.4. The monoisotopic (exact) mass is 194 g/mol. The molecular formula is C6H5F3N2O2. The Hall–Kier alpha value is -1.37. The van der Waals surface area contributed by atoms with E-state index in [1.54, 1.807) is 0 Å². The zero-order valence-corrected chi connectivity index (χ0v) is 6.26. The second kappa shape index (κ2) is 3.17. The fraction of sp³-hybridized carbons (Fsp3) is 0.333. The zero-order chi connectivity index (χ0) is 10.1. The van der Waals surface area contributed by atoms with Crippen LogP contribution in [-0.2, 0) is 6.18 Å². The normalized spacial score (nSPS) is 11.7. The van der Waals surface area contributed by atoms with Gasteiger partial charge in [0.15, 0.2) is 5.76 Å². The number of aromatic nitrogens is 1. The Balaban J connectivity index is 2.93. The average Bonchev–Trinajstić information content (AvgIpc) is 2.50. The summed E-state index contributed by atoms with van der Waals surface area (Å²) in [7, 11) is 0. The molecule has 0 amide bonds. The number of ketones is 1. The van der Waals surface area contributed by atoms with E-state index >= 15 is 0 Å². The molecule has 7 heteroatoms. The van der Waals surface area contributed by atoms with Crippen LogP contribution < -0.4 is 5.73 Å². The summed E-state index contributed by atoms with van der Waals surface area (Å²) < 4.78 is 39.7. The third-order valence-electron chi connectivity index (χ3n) is 1.21. The molecular weight excluding hydrogens is 189 g/mol. The zero-order valence-electron chi connectivity index (χ0n) is 6.26. The van der Waals surface area contributed by atoms with Gasteiger partial charge in [-0.3, -0.25) is 4.79 Å². The van der Waals surface area contributed by atoms with Crippen LogP contribution in [0, 0.1) is 0 Å². The van der Waals surface area contributed by atoms with Gasteiger partial charge in [-0.1, -0.05) is 0 Å². The van der Waals surface area contributed by atoms with E-state index in [0.717, 1.165) is 0 Å². The van der Waals surface area contributed by atoms with E-state index in [0.29, 0.717) is 6.20 Å². The van der Waals surface area contributed by atoms with Gasteiger partial charge >= 0.3 is 12.1 Å². The Morgan fingerprint density at radius 2 is 2.23 bits per heavy atom. The largest absolute Gasteiger partial charge is 0.468 e. The van der Waals surface area contributed by atoms with Gasteiger partial charge in [-0.15, -0.1) is 0 Å². The van der Waals surface area contributed by atoms with Crippen LogP contribution in [0.2, 0.25) is 0 Å². The molecule has 0 spiro atoms. The number of carbonyl (C=O) groups excluding carboxylic acids is 1. The molecule has 4 nitrogen and oxygen atoms in total. The molecule has 0 radical (unpaired) electrons.